The van der Waals surface area contributed by atoms with E-state index in [1.807, 2.05) is 48.1 Å². The van der Waals surface area contributed by atoms with Gasteiger partial charge in [0.2, 0.25) is 0 Å². The number of nitrogens with zero attached hydrogens (tertiary/aromatic N) is 2. The second kappa shape index (κ2) is 5.35. The van der Waals surface area contributed by atoms with Crippen molar-refractivity contribution in [3.63, 3.8) is 0 Å². The van der Waals surface area contributed by atoms with Crippen LogP contribution in [0.1, 0.15) is 38.1 Å². The third-order valence-corrected chi connectivity index (χ3v) is 3.46. The lowest BCUT2D eigenvalue weighted by Gasteiger charge is -2.24. The quantitative estimate of drug-likeness (QED) is 0.929. The van der Waals surface area contributed by atoms with E-state index in [1.54, 1.807) is 0 Å². The van der Waals surface area contributed by atoms with Gasteiger partial charge in [0.15, 0.2) is 0 Å². The number of hydrogen-bond acceptors (Lipinski definition) is 2. The maximum Gasteiger partial charge on any atom is 0.0646 e. The molecule has 19 heavy (non-hydrogen) atoms. The van der Waals surface area contributed by atoms with E-state index in [4.69, 9.17) is 17.3 Å². The first-order chi connectivity index (χ1) is 8.88. The molecule has 102 valence electrons. The van der Waals surface area contributed by atoms with Crippen LogP contribution in [0.3, 0.4) is 0 Å². The highest BCUT2D eigenvalue weighted by Gasteiger charge is 2.23. The van der Waals surface area contributed by atoms with E-state index >= 15 is 0 Å². The smallest absolute Gasteiger partial charge is 0.0646 e. The fourth-order valence-corrected chi connectivity index (χ4v) is 2.27. The van der Waals surface area contributed by atoms with Crippen molar-refractivity contribution in [2.75, 3.05) is 0 Å². The molecule has 1 unspecified atom stereocenters. The molecule has 2 aromatic rings. The van der Waals surface area contributed by atoms with Gasteiger partial charge in [-0.1, -0.05) is 23.7 Å². The molecule has 1 atom stereocenters. The Morgan fingerprint density at radius 3 is 2.68 bits per heavy atom. The van der Waals surface area contributed by atoms with Crippen molar-refractivity contribution in [3.05, 3.63) is 52.8 Å². The Kier molecular flexibility index (Phi) is 3.97. The molecule has 0 aliphatic carbocycles. The summed E-state index contributed by atoms with van der Waals surface area (Å²) in [6.45, 7) is 6.22. The van der Waals surface area contributed by atoms with Gasteiger partial charge in [-0.05, 0) is 44.5 Å². The van der Waals surface area contributed by atoms with Crippen LogP contribution >= 0.6 is 11.6 Å². The van der Waals surface area contributed by atoms with Gasteiger partial charge in [-0.3, -0.25) is 4.68 Å². The zero-order chi connectivity index (χ0) is 14.0. The molecule has 1 aromatic carbocycles. The molecule has 0 radical (unpaired) electrons. The topological polar surface area (TPSA) is 43.8 Å². The SMILES string of the molecule is CC(C)n1ccc(CC(C)(N)c2cccc(Cl)c2)n1. The minimum absolute atomic E-state index is 0.365. The summed E-state index contributed by atoms with van der Waals surface area (Å²) in [7, 11) is 0. The lowest BCUT2D eigenvalue weighted by molar-refractivity contribution is 0.469. The molecular formula is C15H20ClN3. The van der Waals surface area contributed by atoms with Crippen LogP contribution in [0.5, 0.6) is 0 Å². The van der Waals surface area contributed by atoms with Crippen molar-refractivity contribution < 1.29 is 0 Å². The monoisotopic (exact) mass is 277 g/mol. The molecule has 0 spiro atoms. The van der Waals surface area contributed by atoms with Crippen LogP contribution in [0.4, 0.5) is 0 Å². The van der Waals surface area contributed by atoms with E-state index in [1.165, 1.54) is 0 Å². The summed E-state index contributed by atoms with van der Waals surface area (Å²) in [4.78, 5) is 0. The van der Waals surface area contributed by atoms with Gasteiger partial charge in [0.05, 0.1) is 5.69 Å². The van der Waals surface area contributed by atoms with Gasteiger partial charge < -0.3 is 5.73 Å². The Morgan fingerprint density at radius 1 is 1.37 bits per heavy atom. The summed E-state index contributed by atoms with van der Waals surface area (Å²) in [6, 6.07) is 10.1. The normalized spacial score (nSPS) is 14.6. The number of hydrogen-bond donors (Lipinski definition) is 1. The van der Waals surface area contributed by atoms with Gasteiger partial charge in [0.1, 0.15) is 0 Å². The molecule has 0 aliphatic rings. The summed E-state index contributed by atoms with van der Waals surface area (Å²) in [5.41, 5.74) is 7.97. The molecule has 1 aromatic heterocycles. The van der Waals surface area contributed by atoms with Crippen LogP contribution in [-0.4, -0.2) is 9.78 Å². The summed E-state index contributed by atoms with van der Waals surface area (Å²) in [6.07, 6.45) is 2.68. The van der Waals surface area contributed by atoms with Crippen LogP contribution < -0.4 is 5.73 Å². The van der Waals surface area contributed by atoms with Crippen molar-refractivity contribution in [2.24, 2.45) is 5.73 Å². The third kappa shape index (κ3) is 3.37. The van der Waals surface area contributed by atoms with Crippen LogP contribution in [0.2, 0.25) is 5.02 Å². The van der Waals surface area contributed by atoms with Gasteiger partial charge >= 0.3 is 0 Å². The molecule has 0 fully saturated rings. The zero-order valence-corrected chi connectivity index (χ0v) is 12.4. The molecule has 0 saturated heterocycles. The first-order valence-electron chi connectivity index (χ1n) is 6.47. The summed E-state index contributed by atoms with van der Waals surface area (Å²) in [5, 5.41) is 5.26. The van der Waals surface area contributed by atoms with Crippen molar-refractivity contribution in [2.45, 2.75) is 38.8 Å². The summed E-state index contributed by atoms with van der Waals surface area (Å²) in [5.74, 6) is 0. The van der Waals surface area contributed by atoms with E-state index in [0.717, 1.165) is 11.3 Å². The number of aromatic nitrogens is 2. The second-order valence-electron chi connectivity index (χ2n) is 5.49. The van der Waals surface area contributed by atoms with Gasteiger partial charge in [-0.25, -0.2) is 0 Å². The molecule has 0 amide bonds. The Balaban J connectivity index is 2.20. The highest BCUT2D eigenvalue weighted by molar-refractivity contribution is 6.30. The second-order valence-corrected chi connectivity index (χ2v) is 5.92. The van der Waals surface area contributed by atoms with Crippen molar-refractivity contribution in [1.29, 1.82) is 0 Å². The fourth-order valence-electron chi connectivity index (χ4n) is 2.08. The maximum absolute atomic E-state index is 6.42. The number of rotatable bonds is 4. The Hall–Kier alpha value is -1.32. The first-order valence-corrected chi connectivity index (χ1v) is 6.85. The predicted molar refractivity (Wildman–Crippen MR) is 79.3 cm³/mol. The third-order valence-electron chi connectivity index (χ3n) is 3.23. The van der Waals surface area contributed by atoms with Crippen LogP contribution in [0.25, 0.3) is 0 Å². The van der Waals surface area contributed by atoms with Gasteiger partial charge in [-0.2, -0.15) is 5.10 Å². The fraction of sp³-hybridized carbons (Fsp3) is 0.400. The molecule has 0 saturated carbocycles. The minimum atomic E-state index is -0.471. The standard InChI is InChI=1S/C15H20ClN3/c1-11(2)19-8-7-14(18-19)10-15(3,17)12-5-4-6-13(16)9-12/h4-9,11H,10,17H2,1-3H3. The van der Waals surface area contributed by atoms with Crippen molar-refractivity contribution in [3.8, 4) is 0 Å². The van der Waals surface area contributed by atoms with Crippen LogP contribution in [0.15, 0.2) is 36.5 Å². The first kappa shape index (κ1) is 14.1. The molecule has 1 heterocycles. The van der Waals surface area contributed by atoms with E-state index in [9.17, 15) is 0 Å². The van der Waals surface area contributed by atoms with E-state index < -0.39 is 5.54 Å². The number of nitrogens with two attached hydrogens (primary N) is 1. The summed E-state index contributed by atoms with van der Waals surface area (Å²) < 4.78 is 1.95. The van der Waals surface area contributed by atoms with Gasteiger partial charge in [0.25, 0.3) is 0 Å². The average Bonchev–Trinajstić information content (AvgIpc) is 2.77. The number of benzene rings is 1. The predicted octanol–water partition coefficient (Wildman–Crippen LogP) is 3.53. The Bertz CT molecular complexity index is 558. The molecular weight excluding hydrogens is 258 g/mol. The van der Waals surface area contributed by atoms with E-state index in [2.05, 4.69) is 18.9 Å². The highest BCUT2D eigenvalue weighted by Crippen LogP contribution is 2.24. The molecule has 4 heteroatoms. The largest absolute Gasteiger partial charge is 0.321 e. The molecule has 0 aliphatic heterocycles. The van der Waals surface area contributed by atoms with Gasteiger partial charge in [0, 0.05) is 29.2 Å². The van der Waals surface area contributed by atoms with Crippen molar-refractivity contribution >= 4 is 11.6 Å². The lowest BCUT2D eigenvalue weighted by Crippen LogP contribution is -2.35. The Labute approximate surface area is 119 Å². The minimum Gasteiger partial charge on any atom is -0.321 e. The lowest BCUT2D eigenvalue weighted by atomic mass is 9.88. The van der Waals surface area contributed by atoms with E-state index in [-0.39, 0.29) is 0 Å². The van der Waals surface area contributed by atoms with Crippen molar-refractivity contribution in [1.82, 2.24) is 9.78 Å². The molecule has 0 bridgehead atoms. The van der Waals surface area contributed by atoms with E-state index in [0.29, 0.717) is 17.5 Å². The summed E-state index contributed by atoms with van der Waals surface area (Å²) >= 11 is 6.02. The number of halogens is 1. The average molecular weight is 278 g/mol. The zero-order valence-electron chi connectivity index (χ0n) is 11.6. The molecule has 2 rings (SSSR count). The maximum atomic E-state index is 6.42. The molecule has 3 nitrogen and oxygen atoms in total. The Morgan fingerprint density at radius 2 is 2.11 bits per heavy atom. The highest BCUT2D eigenvalue weighted by atomic mass is 35.5. The van der Waals surface area contributed by atoms with Crippen LogP contribution in [0, 0.1) is 0 Å². The molecule has 2 N–H and O–H groups in total. The van der Waals surface area contributed by atoms with Gasteiger partial charge in [-0.15, -0.1) is 0 Å². The van der Waals surface area contributed by atoms with Crippen LogP contribution in [-0.2, 0) is 12.0 Å².